The number of hydrogen-bond donors (Lipinski definition) is 2. The van der Waals surface area contributed by atoms with E-state index in [-0.39, 0.29) is 6.04 Å². The lowest BCUT2D eigenvalue weighted by Gasteiger charge is -2.25. The molecular weight excluding hydrogens is 312 g/mol. The lowest BCUT2D eigenvalue weighted by atomic mass is 10.1. The van der Waals surface area contributed by atoms with Gasteiger partial charge in [-0.25, -0.2) is 9.67 Å². The van der Waals surface area contributed by atoms with E-state index < -0.39 is 0 Å². The summed E-state index contributed by atoms with van der Waals surface area (Å²) in [6.07, 6.45) is 3.34. The molecule has 3 atom stereocenters. The maximum Gasteiger partial charge on any atom is 0.192 e. The largest absolute Gasteiger partial charge is 0.353 e. The maximum absolute atomic E-state index is 4.64. The quantitative estimate of drug-likeness (QED) is 0.664. The van der Waals surface area contributed by atoms with Crippen LogP contribution >= 0.6 is 0 Å². The zero-order valence-corrected chi connectivity index (χ0v) is 14.9. The number of aromatic nitrogens is 3. The van der Waals surface area contributed by atoms with Gasteiger partial charge in [-0.15, -0.1) is 0 Å². The van der Waals surface area contributed by atoms with Crippen LogP contribution in [0.25, 0.3) is 0 Å². The smallest absolute Gasteiger partial charge is 0.192 e. The van der Waals surface area contributed by atoms with Crippen LogP contribution in [0.2, 0.25) is 0 Å². The van der Waals surface area contributed by atoms with E-state index in [2.05, 4.69) is 63.0 Å². The number of nitrogens with zero attached hydrogens (tertiary/aromatic N) is 4. The molecule has 3 unspecified atom stereocenters. The zero-order valence-electron chi connectivity index (χ0n) is 14.9. The minimum Gasteiger partial charge on any atom is -0.353 e. The fourth-order valence-electron chi connectivity index (χ4n) is 3.66. The first-order chi connectivity index (χ1) is 12.2. The predicted molar refractivity (Wildman–Crippen MR) is 98.6 cm³/mol. The standard InChI is InChI=1S/C19H26N6/c1-3-20-19(23-17-12-15(17)14-8-5-4-6-9-14)22-16-10-7-11-25-18(16)21-13(2)24-25/h4-6,8-9,15-17H,3,7,10-12H2,1-2H3,(H2,20,22,23). The van der Waals surface area contributed by atoms with Gasteiger partial charge in [0.15, 0.2) is 5.96 Å². The average Bonchev–Trinajstić information content (AvgIpc) is 3.27. The van der Waals surface area contributed by atoms with E-state index in [0.717, 1.165) is 50.0 Å². The molecule has 0 amide bonds. The first kappa shape index (κ1) is 16.1. The molecule has 2 N–H and O–H groups in total. The van der Waals surface area contributed by atoms with Crippen molar-refractivity contribution in [2.45, 2.75) is 57.7 Å². The monoisotopic (exact) mass is 338 g/mol. The van der Waals surface area contributed by atoms with E-state index >= 15 is 0 Å². The Labute approximate surface area is 148 Å². The van der Waals surface area contributed by atoms with Gasteiger partial charge in [0.25, 0.3) is 0 Å². The summed E-state index contributed by atoms with van der Waals surface area (Å²) in [6.45, 7) is 5.74. The van der Waals surface area contributed by atoms with Gasteiger partial charge in [-0.05, 0) is 38.7 Å². The van der Waals surface area contributed by atoms with Crippen LogP contribution in [0.5, 0.6) is 0 Å². The van der Waals surface area contributed by atoms with Crippen LogP contribution in [0.4, 0.5) is 0 Å². The van der Waals surface area contributed by atoms with Crippen LogP contribution in [0, 0.1) is 6.92 Å². The lowest BCUT2D eigenvalue weighted by Crippen LogP contribution is -2.43. The minimum atomic E-state index is 0.182. The Kier molecular flexibility index (Phi) is 4.42. The molecule has 2 aliphatic rings. The van der Waals surface area contributed by atoms with Gasteiger partial charge in [-0.3, -0.25) is 4.99 Å². The van der Waals surface area contributed by atoms with E-state index in [0.29, 0.717) is 12.0 Å². The summed E-state index contributed by atoms with van der Waals surface area (Å²) < 4.78 is 2.03. The summed E-state index contributed by atoms with van der Waals surface area (Å²) in [4.78, 5) is 9.25. The molecule has 4 rings (SSSR count). The van der Waals surface area contributed by atoms with Crippen molar-refractivity contribution in [1.29, 1.82) is 0 Å². The molecule has 0 saturated heterocycles. The predicted octanol–water partition coefficient (Wildman–Crippen LogP) is 2.53. The molecule has 0 bridgehead atoms. The summed E-state index contributed by atoms with van der Waals surface area (Å²) in [5, 5.41) is 11.7. The van der Waals surface area contributed by atoms with Crippen LogP contribution in [0.3, 0.4) is 0 Å². The second-order valence-electron chi connectivity index (χ2n) is 6.91. The molecular formula is C19H26N6. The van der Waals surface area contributed by atoms with Gasteiger partial charge >= 0.3 is 0 Å². The van der Waals surface area contributed by atoms with E-state index in [1.54, 1.807) is 0 Å². The molecule has 1 fully saturated rings. The summed E-state index contributed by atoms with van der Waals surface area (Å²) >= 11 is 0. The minimum absolute atomic E-state index is 0.182. The molecule has 1 aliphatic heterocycles. The number of nitrogens with one attached hydrogen (secondary N) is 2. The van der Waals surface area contributed by atoms with Crippen molar-refractivity contribution in [3.8, 4) is 0 Å². The molecule has 6 heteroatoms. The molecule has 1 saturated carbocycles. The van der Waals surface area contributed by atoms with Crippen molar-refractivity contribution in [2.24, 2.45) is 4.99 Å². The number of fused-ring (bicyclic) bond motifs is 1. The topological polar surface area (TPSA) is 67.1 Å². The third-order valence-corrected chi connectivity index (χ3v) is 4.95. The summed E-state index contributed by atoms with van der Waals surface area (Å²) in [5.41, 5.74) is 1.41. The summed E-state index contributed by atoms with van der Waals surface area (Å²) in [6, 6.07) is 11.4. The first-order valence-corrected chi connectivity index (χ1v) is 9.28. The Morgan fingerprint density at radius 1 is 1.28 bits per heavy atom. The van der Waals surface area contributed by atoms with Crippen LogP contribution < -0.4 is 10.6 Å². The second kappa shape index (κ2) is 6.86. The molecule has 0 spiro atoms. The second-order valence-corrected chi connectivity index (χ2v) is 6.91. The number of aliphatic imine (C=N–C) groups is 1. The van der Waals surface area contributed by atoms with Crippen molar-refractivity contribution in [1.82, 2.24) is 25.4 Å². The lowest BCUT2D eigenvalue weighted by molar-refractivity contribution is 0.397. The molecule has 1 aromatic heterocycles. The molecule has 6 nitrogen and oxygen atoms in total. The fraction of sp³-hybridized carbons (Fsp3) is 0.526. The van der Waals surface area contributed by atoms with Crippen molar-refractivity contribution < 1.29 is 0 Å². The number of guanidine groups is 1. The van der Waals surface area contributed by atoms with Crippen molar-refractivity contribution in [2.75, 3.05) is 6.54 Å². The number of aryl methyl sites for hydroxylation is 2. The molecule has 132 valence electrons. The highest BCUT2D eigenvalue weighted by molar-refractivity contribution is 5.81. The SMILES string of the molecule is CCN=C(NC1CCCn2nc(C)nc21)NC1CC1c1ccccc1. The third-order valence-electron chi connectivity index (χ3n) is 4.95. The van der Waals surface area contributed by atoms with E-state index in [9.17, 15) is 0 Å². The van der Waals surface area contributed by atoms with Crippen LogP contribution in [0.15, 0.2) is 35.3 Å². The highest BCUT2D eigenvalue weighted by atomic mass is 15.4. The normalized spacial score (nSPS) is 25.4. The number of rotatable bonds is 4. The molecule has 1 aliphatic carbocycles. The molecule has 0 radical (unpaired) electrons. The van der Waals surface area contributed by atoms with Gasteiger partial charge in [0.1, 0.15) is 11.6 Å². The zero-order chi connectivity index (χ0) is 17.2. The molecule has 25 heavy (non-hydrogen) atoms. The van der Waals surface area contributed by atoms with Crippen LogP contribution in [-0.4, -0.2) is 33.3 Å². The highest BCUT2D eigenvalue weighted by Gasteiger charge is 2.39. The molecule has 2 aromatic rings. The van der Waals surface area contributed by atoms with Crippen molar-refractivity contribution in [3.63, 3.8) is 0 Å². The van der Waals surface area contributed by atoms with Gasteiger partial charge < -0.3 is 10.6 Å². The van der Waals surface area contributed by atoms with Gasteiger partial charge in [-0.2, -0.15) is 5.10 Å². The highest BCUT2D eigenvalue weighted by Crippen LogP contribution is 2.40. The third kappa shape index (κ3) is 3.52. The van der Waals surface area contributed by atoms with E-state index in [1.807, 2.05) is 11.6 Å². The van der Waals surface area contributed by atoms with Gasteiger partial charge in [0.2, 0.25) is 0 Å². The Balaban J connectivity index is 1.42. The van der Waals surface area contributed by atoms with E-state index in [4.69, 9.17) is 0 Å². The molecule has 1 aromatic carbocycles. The van der Waals surface area contributed by atoms with Gasteiger partial charge in [0.05, 0.1) is 6.04 Å². The first-order valence-electron chi connectivity index (χ1n) is 9.28. The number of hydrogen-bond acceptors (Lipinski definition) is 3. The number of benzene rings is 1. The Morgan fingerprint density at radius 2 is 2.12 bits per heavy atom. The Morgan fingerprint density at radius 3 is 2.92 bits per heavy atom. The van der Waals surface area contributed by atoms with Crippen LogP contribution in [-0.2, 0) is 6.54 Å². The van der Waals surface area contributed by atoms with Gasteiger partial charge in [-0.1, -0.05) is 30.3 Å². The Hall–Kier alpha value is -2.37. The van der Waals surface area contributed by atoms with E-state index in [1.165, 1.54) is 5.56 Å². The molecule has 2 heterocycles. The summed E-state index contributed by atoms with van der Waals surface area (Å²) in [7, 11) is 0. The van der Waals surface area contributed by atoms with Gasteiger partial charge in [0, 0.05) is 25.0 Å². The van der Waals surface area contributed by atoms with Crippen molar-refractivity contribution >= 4 is 5.96 Å². The van der Waals surface area contributed by atoms with Crippen LogP contribution in [0.1, 0.15) is 55.4 Å². The average molecular weight is 338 g/mol. The maximum atomic E-state index is 4.64. The summed E-state index contributed by atoms with van der Waals surface area (Å²) in [5.74, 6) is 3.36. The fourth-order valence-corrected chi connectivity index (χ4v) is 3.66. The van der Waals surface area contributed by atoms with Crippen molar-refractivity contribution in [3.05, 3.63) is 47.5 Å². The Bertz CT molecular complexity index is 751.